The molecular weight excluding hydrogens is 484 g/mol. The summed E-state index contributed by atoms with van der Waals surface area (Å²) in [5.41, 5.74) is 2.54. The summed E-state index contributed by atoms with van der Waals surface area (Å²) in [6.45, 7) is 1.15. The number of aromatic nitrogens is 2. The third-order valence-corrected chi connectivity index (χ3v) is 7.94. The maximum Gasteiger partial charge on any atom is 0.317 e. The fourth-order valence-corrected chi connectivity index (χ4v) is 5.55. The molecule has 1 aromatic heterocycles. The van der Waals surface area contributed by atoms with Crippen molar-refractivity contribution < 1.29 is 23.1 Å². The average Bonchev–Trinajstić information content (AvgIpc) is 2.88. The molecule has 1 fully saturated rings. The molecule has 0 radical (unpaired) electrons. The number of phenolic OH excluding ortho intramolecular Hbond substituents is 1. The lowest BCUT2D eigenvalue weighted by molar-refractivity contribution is 0.189. The summed E-state index contributed by atoms with van der Waals surface area (Å²) in [6.07, 6.45) is 1.19. The average molecular weight is 515 g/mol. The largest absolute Gasteiger partial charge is 0.508 e. The number of urea groups is 1. The van der Waals surface area contributed by atoms with Crippen LogP contribution in [0.1, 0.15) is 18.4 Å². The monoisotopic (exact) mass is 514 g/mol. The van der Waals surface area contributed by atoms with Crippen LogP contribution in [0.2, 0.25) is 0 Å². The van der Waals surface area contributed by atoms with Gasteiger partial charge in [-0.15, -0.1) is 0 Å². The van der Waals surface area contributed by atoms with Gasteiger partial charge in [0.2, 0.25) is 10.0 Å². The van der Waals surface area contributed by atoms with E-state index in [4.69, 9.17) is 4.74 Å². The first-order valence-corrected chi connectivity index (χ1v) is 13.2. The number of piperidine rings is 1. The summed E-state index contributed by atoms with van der Waals surface area (Å²) in [5.74, 6) is 0.324. The zero-order valence-electron chi connectivity index (χ0n) is 20.2. The van der Waals surface area contributed by atoms with Crippen LogP contribution in [0.25, 0.3) is 11.0 Å². The van der Waals surface area contributed by atoms with Gasteiger partial charge in [0.1, 0.15) is 5.75 Å². The van der Waals surface area contributed by atoms with E-state index < -0.39 is 15.3 Å². The van der Waals surface area contributed by atoms with Gasteiger partial charge in [-0.05, 0) is 43.0 Å². The number of hydrogen-bond acceptors (Lipinski definition) is 8. The molecule has 11 nitrogen and oxygen atoms in total. The van der Waals surface area contributed by atoms with Crippen molar-refractivity contribution in [2.45, 2.75) is 24.5 Å². The van der Waals surface area contributed by atoms with Crippen molar-refractivity contribution in [2.24, 2.45) is 0 Å². The highest BCUT2D eigenvalue weighted by molar-refractivity contribution is 7.93. The zero-order chi connectivity index (χ0) is 25.7. The fourth-order valence-electron chi connectivity index (χ4n) is 4.14. The third kappa shape index (κ3) is 5.77. The van der Waals surface area contributed by atoms with Gasteiger partial charge < -0.3 is 25.4 Å². The van der Waals surface area contributed by atoms with Crippen molar-refractivity contribution >= 4 is 44.4 Å². The lowest BCUT2D eigenvalue weighted by Crippen LogP contribution is -2.46. The molecule has 0 saturated carbocycles. The second-order valence-corrected chi connectivity index (χ2v) is 10.5. The number of anilines is 3. The van der Waals surface area contributed by atoms with Gasteiger partial charge in [0, 0.05) is 39.0 Å². The Hall–Kier alpha value is -3.64. The van der Waals surface area contributed by atoms with Gasteiger partial charge in [0.25, 0.3) is 0 Å². The second kappa shape index (κ2) is 11.0. The minimum atomic E-state index is -3.83. The molecule has 0 spiro atoms. The molecule has 1 aliphatic heterocycles. The van der Waals surface area contributed by atoms with Crippen LogP contribution < -0.4 is 15.4 Å². The molecule has 3 aromatic rings. The number of carbonyl (C=O) groups excluding carboxylic acids is 1. The van der Waals surface area contributed by atoms with Crippen molar-refractivity contribution in [3.63, 3.8) is 0 Å². The minimum Gasteiger partial charge on any atom is -0.508 e. The number of ether oxygens (including phenoxy) is 1. The topological polar surface area (TPSA) is 146 Å². The standard InChI is InChI=1S/C24H30N6O5S/c1-25-24(32)30-12-9-18(10-13-30)36(33,34)29-23-22(26-19-5-3-4-6-20(19)27-23)28-21-15-17(31)8-7-16(21)11-14-35-2/h3-8,15,18,31H,9-14H2,1-2H3,(H,25,32)(H,26,28)(H,27,29). The highest BCUT2D eigenvalue weighted by atomic mass is 32.2. The Labute approximate surface area is 209 Å². The van der Waals surface area contributed by atoms with Crippen LogP contribution in [-0.4, -0.2) is 73.5 Å². The number of fused-ring (bicyclic) bond motifs is 1. The van der Waals surface area contributed by atoms with Crippen molar-refractivity contribution in [3.05, 3.63) is 48.0 Å². The number of sulfonamides is 1. The molecule has 1 aliphatic rings. The van der Waals surface area contributed by atoms with Crippen molar-refractivity contribution in [1.82, 2.24) is 20.2 Å². The highest BCUT2D eigenvalue weighted by Crippen LogP contribution is 2.31. The van der Waals surface area contributed by atoms with Crippen LogP contribution in [0.5, 0.6) is 5.75 Å². The molecule has 2 aromatic carbocycles. The number of amides is 2. The second-order valence-electron chi connectivity index (χ2n) is 8.51. The summed E-state index contributed by atoms with van der Waals surface area (Å²) in [7, 11) is -0.674. The van der Waals surface area contributed by atoms with Crippen LogP contribution in [0.15, 0.2) is 42.5 Å². The number of hydrogen-bond donors (Lipinski definition) is 4. The summed E-state index contributed by atoms with van der Waals surface area (Å²) < 4.78 is 34.5. The quantitative estimate of drug-likeness (QED) is 0.359. The van der Waals surface area contributed by atoms with Gasteiger partial charge in [0.05, 0.1) is 22.9 Å². The van der Waals surface area contributed by atoms with Crippen molar-refractivity contribution in [2.75, 3.05) is 43.9 Å². The number of nitrogens with one attached hydrogen (secondary N) is 3. The molecule has 4 rings (SSSR count). The predicted octanol–water partition coefficient (Wildman–Crippen LogP) is 2.81. The molecule has 2 heterocycles. The number of nitrogens with zero attached hydrogens (tertiary/aromatic N) is 3. The Kier molecular flexibility index (Phi) is 7.75. The van der Waals surface area contributed by atoms with E-state index in [1.807, 2.05) is 6.07 Å². The van der Waals surface area contributed by atoms with Crippen LogP contribution in [0.4, 0.5) is 22.1 Å². The fraction of sp³-hybridized carbons (Fsp3) is 0.375. The first kappa shape index (κ1) is 25.5. The number of likely N-dealkylation sites (tertiary alicyclic amines) is 1. The first-order chi connectivity index (χ1) is 17.3. The number of benzene rings is 2. The summed E-state index contributed by atoms with van der Waals surface area (Å²) in [6, 6.07) is 11.8. The molecule has 0 unspecified atom stereocenters. The van der Waals surface area contributed by atoms with E-state index in [1.165, 1.54) is 0 Å². The SMILES string of the molecule is CNC(=O)N1CCC(S(=O)(=O)Nc2nc3ccccc3nc2Nc2cc(O)ccc2CCOC)CC1. The van der Waals surface area contributed by atoms with E-state index in [9.17, 15) is 18.3 Å². The molecule has 12 heteroatoms. The highest BCUT2D eigenvalue weighted by Gasteiger charge is 2.32. The molecule has 4 N–H and O–H groups in total. The third-order valence-electron chi connectivity index (χ3n) is 6.11. The maximum atomic E-state index is 13.3. The molecule has 0 bridgehead atoms. The van der Waals surface area contributed by atoms with E-state index in [-0.39, 0.29) is 23.4 Å². The van der Waals surface area contributed by atoms with Crippen LogP contribution in [0, 0.1) is 0 Å². The van der Waals surface area contributed by atoms with E-state index in [2.05, 4.69) is 25.3 Å². The van der Waals surface area contributed by atoms with E-state index in [1.54, 1.807) is 55.5 Å². The van der Waals surface area contributed by atoms with E-state index >= 15 is 0 Å². The van der Waals surface area contributed by atoms with Gasteiger partial charge in [-0.3, -0.25) is 4.72 Å². The molecule has 1 saturated heterocycles. The van der Waals surface area contributed by atoms with Gasteiger partial charge in [-0.2, -0.15) is 0 Å². The van der Waals surface area contributed by atoms with E-state index in [0.717, 1.165) is 5.56 Å². The normalized spacial score (nSPS) is 14.6. The Morgan fingerprint density at radius 2 is 1.78 bits per heavy atom. The summed E-state index contributed by atoms with van der Waals surface area (Å²) in [4.78, 5) is 22.6. The zero-order valence-corrected chi connectivity index (χ0v) is 21.0. The van der Waals surface area contributed by atoms with Crippen LogP contribution in [-0.2, 0) is 21.2 Å². The number of rotatable bonds is 8. The van der Waals surface area contributed by atoms with E-state index in [0.29, 0.717) is 55.7 Å². The lowest BCUT2D eigenvalue weighted by Gasteiger charge is -2.31. The number of para-hydroxylation sites is 2. The number of methoxy groups -OCH3 is 1. The smallest absolute Gasteiger partial charge is 0.317 e. The van der Waals surface area contributed by atoms with Gasteiger partial charge in [0.15, 0.2) is 11.6 Å². The lowest BCUT2D eigenvalue weighted by atomic mass is 10.1. The number of carbonyl (C=O) groups is 1. The van der Waals surface area contributed by atoms with Gasteiger partial charge >= 0.3 is 6.03 Å². The Morgan fingerprint density at radius 1 is 1.11 bits per heavy atom. The molecule has 0 atom stereocenters. The molecule has 36 heavy (non-hydrogen) atoms. The molecule has 0 aliphatic carbocycles. The Bertz CT molecular complexity index is 1340. The van der Waals surface area contributed by atoms with Gasteiger partial charge in [-0.25, -0.2) is 23.2 Å². The predicted molar refractivity (Wildman–Crippen MR) is 138 cm³/mol. The Morgan fingerprint density at radius 3 is 2.42 bits per heavy atom. The Balaban J connectivity index is 1.65. The van der Waals surface area contributed by atoms with Gasteiger partial charge in [-0.1, -0.05) is 18.2 Å². The molecule has 2 amide bonds. The minimum absolute atomic E-state index is 0.0532. The number of phenols is 1. The maximum absolute atomic E-state index is 13.3. The summed E-state index contributed by atoms with van der Waals surface area (Å²) in [5, 5.41) is 15.1. The van der Waals surface area contributed by atoms with Crippen LogP contribution >= 0.6 is 0 Å². The van der Waals surface area contributed by atoms with Crippen LogP contribution in [0.3, 0.4) is 0 Å². The molecule has 192 valence electrons. The summed E-state index contributed by atoms with van der Waals surface area (Å²) >= 11 is 0. The molecular formula is C24H30N6O5S. The van der Waals surface area contributed by atoms with Crippen molar-refractivity contribution in [1.29, 1.82) is 0 Å². The number of aromatic hydroxyl groups is 1. The first-order valence-electron chi connectivity index (χ1n) is 11.6. The van der Waals surface area contributed by atoms with Crippen molar-refractivity contribution in [3.8, 4) is 5.75 Å².